The molecule has 0 saturated carbocycles. The molecule has 0 nitrogen and oxygen atoms in total. The molecule has 1 aromatic rings. The Bertz CT molecular complexity index is 248. The summed E-state index contributed by atoms with van der Waals surface area (Å²) < 4.78 is 12.6. The van der Waals surface area contributed by atoms with Crippen molar-refractivity contribution < 1.29 is 4.39 Å². The van der Waals surface area contributed by atoms with Gasteiger partial charge in [0.2, 0.25) is 0 Å². The molecule has 14 heavy (non-hydrogen) atoms. The summed E-state index contributed by atoms with van der Waals surface area (Å²) in [6.07, 6.45) is 3.44. The van der Waals surface area contributed by atoms with Gasteiger partial charge in [-0.2, -0.15) is 0 Å². The Morgan fingerprint density at radius 1 is 1.07 bits per heavy atom. The molecule has 1 aromatic carbocycles. The summed E-state index contributed by atoms with van der Waals surface area (Å²) in [5.41, 5.74) is 0. The fraction of sp³-hybridized carbons (Fsp3) is 0.455. The van der Waals surface area contributed by atoms with Crippen LogP contribution in [0.4, 0.5) is 4.39 Å². The van der Waals surface area contributed by atoms with Crippen LogP contribution in [0.1, 0.15) is 19.3 Å². The van der Waals surface area contributed by atoms with Crippen LogP contribution in [-0.2, 0) is 0 Å². The zero-order valence-electron chi connectivity index (χ0n) is 8.01. The molecule has 0 bridgehead atoms. The van der Waals surface area contributed by atoms with Gasteiger partial charge < -0.3 is 0 Å². The topological polar surface area (TPSA) is 0 Å². The third kappa shape index (κ3) is 4.87. The van der Waals surface area contributed by atoms with Gasteiger partial charge in [0.25, 0.3) is 0 Å². The number of hydrogen-bond donors (Lipinski definition) is 0. The third-order valence-electron chi connectivity index (χ3n) is 1.86. The highest BCUT2D eigenvalue weighted by molar-refractivity contribution is 7.99. The SMILES string of the molecule is Fc1ccc(SCCCCCCl)cc1. The summed E-state index contributed by atoms with van der Waals surface area (Å²) in [7, 11) is 0. The predicted molar refractivity (Wildman–Crippen MR) is 61.7 cm³/mol. The van der Waals surface area contributed by atoms with Crippen molar-refractivity contribution in [2.75, 3.05) is 11.6 Å². The minimum atomic E-state index is -0.170. The molecule has 0 heterocycles. The predicted octanol–water partition coefficient (Wildman–Crippen LogP) is 4.33. The molecule has 3 heteroatoms. The summed E-state index contributed by atoms with van der Waals surface area (Å²) in [6.45, 7) is 0. The van der Waals surface area contributed by atoms with Crippen molar-refractivity contribution in [3.8, 4) is 0 Å². The van der Waals surface area contributed by atoms with E-state index < -0.39 is 0 Å². The van der Waals surface area contributed by atoms with Crippen LogP contribution >= 0.6 is 23.4 Å². The van der Waals surface area contributed by atoms with Crippen molar-refractivity contribution in [1.29, 1.82) is 0 Å². The molecule has 1 rings (SSSR count). The number of halogens is 2. The lowest BCUT2D eigenvalue weighted by atomic mass is 10.3. The van der Waals surface area contributed by atoms with Gasteiger partial charge in [-0.25, -0.2) is 4.39 Å². The largest absolute Gasteiger partial charge is 0.207 e. The van der Waals surface area contributed by atoms with Crippen LogP contribution in [-0.4, -0.2) is 11.6 Å². The summed E-state index contributed by atoms with van der Waals surface area (Å²) in [5, 5.41) is 0. The maximum atomic E-state index is 12.6. The Hall–Kier alpha value is -0.210. The molecule has 0 N–H and O–H groups in total. The molecule has 78 valence electrons. The first kappa shape index (κ1) is 11.9. The van der Waals surface area contributed by atoms with E-state index in [0.29, 0.717) is 0 Å². The lowest BCUT2D eigenvalue weighted by molar-refractivity contribution is 0.626. The van der Waals surface area contributed by atoms with Crippen molar-refractivity contribution in [1.82, 2.24) is 0 Å². The molecule has 0 aliphatic rings. The van der Waals surface area contributed by atoms with Gasteiger partial charge in [-0.1, -0.05) is 6.42 Å². The first-order chi connectivity index (χ1) is 6.83. The monoisotopic (exact) mass is 232 g/mol. The highest BCUT2D eigenvalue weighted by Gasteiger charge is 1.94. The van der Waals surface area contributed by atoms with Gasteiger partial charge in [0.1, 0.15) is 5.82 Å². The molecular formula is C11H14ClFS. The van der Waals surface area contributed by atoms with Crippen LogP contribution in [0.2, 0.25) is 0 Å². The average Bonchev–Trinajstić information content (AvgIpc) is 2.21. The van der Waals surface area contributed by atoms with E-state index in [1.807, 2.05) is 12.1 Å². The lowest BCUT2D eigenvalue weighted by Crippen LogP contribution is -1.82. The average molecular weight is 233 g/mol. The fourth-order valence-electron chi connectivity index (χ4n) is 1.09. The van der Waals surface area contributed by atoms with Gasteiger partial charge in [-0.05, 0) is 42.9 Å². The third-order valence-corrected chi connectivity index (χ3v) is 3.23. The van der Waals surface area contributed by atoms with E-state index in [1.54, 1.807) is 11.8 Å². The first-order valence-electron chi connectivity index (χ1n) is 4.77. The number of benzene rings is 1. The Morgan fingerprint density at radius 3 is 2.43 bits per heavy atom. The number of unbranched alkanes of at least 4 members (excludes halogenated alkanes) is 2. The Balaban J connectivity index is 2.15. The highest BCUT2D eigenvalue weighted by atomic mass is 35.5. The van der Waals surface area contributed by atoms with Crippen LogP contribution in [0.3, 0.4) is 0 Å². The van der Waals surface area contributed by atoms with Crippen LogP contribution in [0.25, 0.3) is 0 Å². The minimum absolute atomic E-state index is 0.170. The van der Waals surface area contributed by atoms with Crippen LogP contribution in [0, 0.1) is 5.82 Å². The zero-order chi connectivity index (χ0) is 10.2. The van der Waals surface area contributed by atoms with Crippen molar-refractivity contribution in [2.24, 2.45) is 0 Å². The standard InChI is InChI=1S/C11H14ClFS/c12-8-2-1-3-9-14-11-6-4-10(13)5-7-11/h4-7H,1-3,8-9H2. The molecule has 0 fully saturated rings. The van der Waals surface area contributed by atoms with Gasteiger partial charge in [-0.3, -0.25) is 0 Å². The van der Waals surface area contributed by atoms with E-state index in [0.717, 1.165) is 22.9 Å². The normalized spacial score (nSPS) is 10.4. The Morgan fingerprint density at radius 2 is 1.79 bits per heavy atom. The van der Waals surface area contributed by atoms with Crippen molar-refractivity contribution in [3.63, 3.8) is 0 Å². The summed E-state index contributed by atoms with van der Waals surface area (Å²) >= 11 is 7.34. The van der Waals surface area contributed by atoms with E-state index in [2.05, 4.69) is 0 Å². The quantitative estimate of drug-likeness (QED) is 0.400. The second-order valence-corrected chi connectivity index (χ2v) is 4.60. The van der Waals surface area contributed by atoms with E-state index in [9.17, 15) is 4.39 Å². The van der Waals surface area contributed by atoms with Crippen molar-refractivity contribution >= 4 is 23.4 Å². The van der Waals surface area contributed by atoms with Crippen LogP contribution < -0.4 is 0 Å². The van der Waals surface area contributed by atoms with Gasteiger partial charge in [0.05, 0.1) is 0 Å². The Kier molecular flexibility index (Phi) is 6.04. The number of thioether (sulfide) groups is 1. The molecule has 0 radical (unpaired) electrons. The molecule has 0 aliphatic heterocycles. The maximum Gasteiger partial charge on any atom is 0.123 e. The van der Waals surface area contributed by atoms with E-state index >= 15 is 0 Å². The summed E-state index contributed by atoms with van der Waals surface area (Å²) in [4.78, 5) is 1.14. The highest BCUT2D eigenvalue weighted by Crippen LogP contribution is 2.19. The minimum Gasteiger partial charge on any atom is -0.207 e. The summed E-state index contributed by atoms with van der Waals surface area (Å²) in [6, 6.07) is 6.64. The van der Waals surface area contributed by atoms with E-state index in [4.69, 9.17) is 11.6 Å². The molecule has 0 saturated heterocycles. The maximum absolute atomic E-state index is 12.6. The molecule has 0 aliphatic carbocycles. The second-order valence-electron chi connectivity index (χ2n) is 3.05. The molecular weight excluding hydrogens is 219 g/mol. The first-order valence-corrected chi connectivity index (χ1v) is 6.29. The van der Waals surface area contributed by atoms with Gasteiger partial charge >= 0.3 is 0 Å². The van der Waals surface area contributed by atoms with E-state index in [-0.39, 0.29) is 5.82 Å². The molecule has 0 atom stereocenters. The number of rotatable bonds is 6. The van der Waals surface area contributed by atoms with Gasteiger partial charge in [-0.15, -0.1) is 23.4 Å². The van der Waals surface area contributed by atoms with Crippen molar-refractivity contribution in [3.05, 3.63) is 30.1 Å². The molecule has 0 aromatic heterocycles. The Labute approximate surface area is 93.8 Å². The number of hydrogen-bond acceptors (Lipinski definition) is 1. The van der Waals surface area contributed by atoms with Crippen LogP contribution in [0.5, 0.6) is 0 Å². The second kappa shape index (κ2) is 7.13. The fourth-order valence-corrected chi connectivity index (χ4v) is 2.20. The van der Waals surface area contributed by atoms with Crippen LogP contribution in [0.15, 0.2) is 29.2 Å². The zero-order valence-corrected chi connectivity index (χ0v) is 9.58. The summed E-state index contributed by atoms with van der Waals surface area (Å²) in [5.74, 6) is 1.67. The van der Waals surface area contributed by atoms with Gasteiger partial charge in [0.15, 0.2) is 0 Å². The number of alkyl halides is 1. The molecule has 0 amide bonds. The van der Waals surface area contributed by atoms with Gasteiger partial charge in [0, 0.05) is 10.8 Å². The lowest BCUT2D eigenvalue weighted by Gasteiger charge is -2.00. The molecule has 0 spiro atoms. The smallest absolute Gasteiger partial charge is 0.123 e. The van der Waals surface area contributed by atoms with Crippen molar-refractivity contribution in [2.45, 2.75) is 24.2 Å². The molecule has 0 unspecified atom stereocenters. The van der Waals surface area contributed by atoms with E-state index in [1.165, 1.54) is 25.0 Å².